The molecule has 2 aliphatic heterocycles. The number of fused-ring (bicyclic) bond motifs is 2. The Balaban J connectivity index is 1.67. The molecule has 4 atom stereocenters. The molecule has 0 saturated carbocycles. The van der Waals surface area contributed by atoms with Crippen LogP contribution in [0.2, 0.25) is 0 Å². The van der Waals surface area contributed by atoms with Gasteiger partial charge in [-0.1, -0.05) is 0 Å². The maximum Gasteiger partial charge on any atom is 0.0935 e. The fourth-order valence-electron chi connectivity index (χ4n) is 3.23. The molecule has 88 valence electrons. The molecule has 1 aromatic rings. The molecule has 3 heteroatoms. The highest BCUT2D eigenvalue weighted by Crippen LogP contribution is 2.40. The van der Waals surface area contributed by atoms with Crippen molar-refractivity contribution in [3.63, 3.8) is 0 Å². The van der Waals surface area contributed by atoms with E-state index in [2.05, 4.69) is 18.4 Å². The highest BCUT2D eigenvalue weighted by molar-refractivity contribution is 5.09. The van der Waals surface area contributed by atoms with Crippen molar-refractivity contribution in [2.24, 2.45) is 5.92 Å². The highest BCUT2D eigenvalue weighted by atomic mass is 16.5. The quantitative estimate of drug-likeness (QED) is 0.844. The maximum absolute atomic E-state index is 5.92. The van der Waals surface area contributed by atoms with E-state index in [1.54, 1.807) is 6.26 Å². The van der Waals surface area contributed by atoms with Crippen molar-refractivity contribution >= 4 is 0 Å². The first-order chi connectivity index (χ1) is 7.86. The molecule has 0 radical (unpaired) electrons. The van der Waals surface area contributed by atoms with Crippen molar-refractivity contribution in [3.8, 4) is 0 Å². The molecule has 16 heavy (non-hydrogen) atoms. The van der Waals surface area contributed by atoms with Crippen LogP contribution in [0.1, 0.15) is 24.8 Å². The number of hydrogen-bond donors (Lipinski definition) is 1. The van der Waals surface area contributed by atoms with E-state index in [-0.39, 0.29) is 0 Å². The fourth-order valence-corrected chi connectivity index (χ4v) is 3.23. The third kappa shape index (κ3) is 1.78. The van der Waals surface area contributed by atoms with Crippen molar-refractivity contribution < 1.29 is 9.15 Å². The van der Waals surface area contributed by atoms with Crippen molar-refractivity contribution in [2.75, 3.05) is 7.05 Å². The molecule has 2 fully saturated rings. The highest BCUT2D eigenvalue weighted by Gasteiger charge is 2.43. The summed E-state index contributed by atoms with van der Waals surface area (Å²) in [4.78, 5) is 0. The van der Waals surface area contributed by atoms with E-state index < -0.39 is 0 Å². The van der Waals surface area contributed by atoms with Crippen LogP contribution in [-0.2, 0) is 11.2 Å². The maximum atomic E-state index is 5.92. The third-order valence-corrected chi connectivity index (χ3v) is 4.08. The number of likely N-dealkylation sites (N-methyl/N-ethyl adjacent to an activating group) is 1. The molecular weight excluding hydrogens is 202 g/mol. The van der Waals surface area contributed by atoms with Crippen molar-refractivity contribution in [1.82, 2.24) is 5.32 Å². The molecule has 4 unspecified atom stereocenters. The lowest BCUT2D eigenvalue weighted by molar-refractivity contribution is 0.0863. The molecule has 0 aromatic carbocycles. The lowest BCUT2D eigenvalue weighted by Gasteiger charge is -2.27. The van der Waals surface area contributed by atoms with Gasteiger partial charge in [-0.15, -0.1) is 0 Å². The number of furan rings is 1. The van der Waals surface area contributed by atoms with E-state index in [9.17, 15) is 0 Å². The van der Waals surface area contributed by atoms with Gasteiger partial charge in [0.05, 0.1) is 24.7 Å². The summed E-state index contributed by atoms with van der Waals surface area (Å²) in [5.41, 5.74) is 1.28. The third-order valence-electron chi connectivity index (χ3n) is 4.08. The molecule has 3 rings (SSSR count). The van der Waals surface area contributed by atoms with Crippen LogP contribution in [0.4, 0.5) is 0 Å². The summed E-state index contributed by atoms with van der Waals surface area (Å²) in [5, 5.41) is 3.45. The minimum absolute atomic E-state index is 0.495. The number of ether oxygens (including phenoxy) is 1. The monoisotopic (exact) mass is 221 g/mol. The van der Waals surface area contributed by atoms with Gasteiger partial charge in [0.25, 0.3) is 0 Å². The van der Waals surface area contributed by atoms with E-state index in [4.69, 9.17) is 9.15 Å². The van der Waals surface area contributed by atoms with Crippen molar-refractivity contribution in [2.45, 2.75) is 43.9 Å². The zero-order valence-corrected chi connectivity index (χ0v) is 9.69. The molecule has 0 aliphatic carbocycles. The Labute approximate surface area is 96.2 Å². The number of rotatable bonds is 4. The average molecular weight is 221 g/mol. The van der Waals surface area contributed by atoms with Crippen LogP contribution in [0.15, 0.2) is 23.0 Å². The minimum Gasteiger partial charge on any atom is -0.472 e. The van der Waals surface area contributed by atoms with Gasteiger partial charge in [-0.3, -0.25) is 0 Å². The summed E-state index contributed by atoms with van der Waals surface area (Å²) in [5.74, 6) is 0.679. The molecule has 3 heterocycles. The van der Waals surface area contributed by atoms with Crippen LogP contribution in [-0.4, -0.2) is 25.3 Å². The largest absolute Gasteiger partial charge is 0.472 e. The van der Waals surface area contributed by atoms with E-state index in [1.165, 1.54) is 24.8 Å². The Morgan fingerprint density at radius 3 is 3.00 bits per heavy atom. The Morgan fingerprint density at radius 1 is 1.50 bits per heavy atom. The van der Waals surface area contributed by atoms with Crippen LogP contribution in [0.25, 0.3) is 0 Å². The Morgan fingerprint density at radius 2 is 2.44 bits per heavy atom. The van der Waals surface area contributed by atoms with Gasteiger partial charge in [-0.05, 0) is 44.4 Å². The second-order valence-corrected chi connectivity index (χ2v) is 5.00. The first kappa shape index (κ1) is 10.4. The summed E-state index contributed by atoms with van der Waals surface area (Å²) in [6.45, 7) is 0. The molecule has 2 bridgehead atoms. The molecule has 1 N–H and O–H groups in total. The zero-order valence-electron chi connectivity index (χ0n) is 9.69. The SMILES string of the molecule is CNC(Cc1ccoc1)C1CC2CCC1O2. The van der Waals surface area contributed by atoms with Gasteiger partial charge in [0.2, 0.25) is 0 Å². The first-order valence-corrected chi connectivity index (χ1v) is 6.20. The van der Waals surface area contributed by atoms with Crippen LogP contribution in [0.5, 0.6) is 0 Å². The van der Waals surface area contributed by atoms with E-state index in [0.717, 1.165) is 6.42 Å². The Bertz CT molecular complexity index is 336. The average Bonchev–Trinajstić information content (AvgIpc) is 3.02. The van der Waals surface area contributed by atoms with Gasteiger partial charge in [-0.25, -0.2) is 0 Å². The van der Waals surface area contributed by atoms with Gasteiger partial charge in [0.15, 0.2) is 0 Å². The molecule has 2 saturated heterocycles. The Hall–Kier alpha value is -0.800. The first-order valence-electron chi connectivity index (χ1n) is 6.20. The van der Waals surface area contributed by atoms with Crippen molar-refractivity contribution in [3.05, 3.63) is 24.2 Å². The van der Waals surface area contributed by atoms with E-state index in [0.29, 0.717) is 24.2 Å². The van der Waals surface area contributed by atoms with Crippen LogP contribution in [0, 0.1) is 5.92 Å². The summed E-state index contributed by atoms with van der Waals surface area (Å²) in [6.07, 6.45) is 9.42. The lowest BCUT2D eigenvalue weighted by atomic mass is 9.82. The normalized spacial score (nSPS) is 34.4. The fraction of sp³-hybridized carbons (Fsp3) is 0.692. The van der Waals surface area contributed by atoms with Gasteiger partial charge in [0, 0.05) is 12.0 Å². The second-order valence-electron chi connectivity index (χ2n) is 5.00. The van der Waals surface area contributed by atoms with Gasteiger partial charge in [-0.2, -0.15) is 0 Å². The second kappa shape index (κ2) is 4.22. The van der Waals surface area contributed by atoms with E-state index >= 15 is 0 Å². The summed E-state index contributed by atoms with van der Waals surface area (Å²) in [7, 11) is 2.05. The van der Waals surface area contributed by atoms with Gasteiger partial charge < -0.3 is 14.5 Å². The predicted octanol–water partition coefficient (Wildman–Crippen LogP) is 1.98. The smallest absolute Gasteiger partial charge is 0.0935 e. The van der Waals surface area contributed by atoms with Crippen molar-refractivity contribution in [1.29, 1.82) is 0 Å². The van der Waals surface area contributed by atoms with Gasteiger partial charge in [0.1, 0.15) is 0 Å². The number of nitrogens with one attached hydrogen (secondary N) is 1. The molecule has 0 amide bonds. The molecule has 2 aliphatic rings. The van der Waals surface area contributed by atoms with Crippen LogP contribution >= 0.6 is 0 Å². The summed E-state index contributed by atoms with van der Waals surface area (Å²) >= 11 is 0. The standard InChI is InChI=1S/C13H19NO2/c1-14-12(6-9-4-5-15-8-9)11-7-10-2-3-13(11)16-10/h4-5,8,10-14H,2-3,6-7H2,1H3. The predicted molar refractivity (Wildman–Crippen MR) is 61.3 cm³/mol. The minimum atomic E-state index is 0.495. The molecule has 1 aromatic heterocycles. The summed E-state index contributed by atoms with van der Waals surface area (Å²) < 4.78 is 11.0. The molecule has 0 spiro atoms. The topological polar surface area (TPSA) is 34.4 Å². The Kier molecular flexibility index (Phi) is 2.74. The van der Waals surface area contributed by atoms with Gasteiger partial charge >= 0.3 is 0 Å². The molecule has 3 nitrogen and oxygen atoms in total. The zero-order chi connectivity index (χ0) is 11.0. The summed E-state index contributed by atoms with van der Waals surface area (Å²) in [6, 6.07) is 2.58. The van der Waals surface area contributed by atoms with Crippen LogP contribution in [0.3, 0.4) is 0 Å². The van der Waals surface area contributed by atoms with E-state index in [1.807, 2.05) is 6.26 Å². The molecular formula is C13H19NO2. The van der Waals surface area contributed by atoms with Crippen LogP contribution < -0.4 is 5.32 Å². The lowest BCUT2D eigenvalue weighted by Crippen LogP contribution is -2.40. The number of hydrogen-bond acceptors (Lipinski definition) is 3.